The Morgan fingerprint density at radius 2 is 2.08 bits per heavy atom. The molecule has 1 aromatic heterocycles. The highest BCUT2D eigenvalue weighted by atomic mass is 79.9. The van der Waals surface area contributed by atoms with Gasteiger partial charge in [-0.25, -0.2) is 0 Å². The summed E-state index contributed by atoms with van der Waals surface area (Å²) >= 11 is 3.36. The van der Waals surface area contributed by atoms with Crippen LogP contribution >= 0.6 is 15.9 Å². The quantitative estimate of drug-likeness (QED) is 0.803. The van der Waals surface area contributed by atoms with Crippen LogP contribution in [-0.2, 0) is 5.60 Å². The molecule has 1 aromatic rings. The molecule has 3 heteroatoms. The Balaban J connectivity index is 3.14. The number of halogens is 1. The lowest BCUT2D eigenvalue weighted by Gasteiger charge is -2.17. The van der Waals surface area contributed by atoms with Gasteiger partial charge in [-0.3, -0.25) is 4.98 Å². The van der Waals surface area contributed by atoms with Crippen LogP contribution in [0, 0.1) is 6.92 Å². The van der Waals surface area contributed by atoms with Crippen LogP contribution in [-0.4, -0.2) is 10.1 Å². The van der Waals surface area contributed by atoms with Gasteiger partial charge in [0.15, 0.2) is 0 Å². The molecule has 0 atom stereocenters. The summed E-state index contributed by atoms with van der Waals surface area (Å²) < 4.78 is 0.933. The van der Waals surface area contributed by atoms with Crippen molar-refractivity contribution in [2.45, 2.75) is 26.4 Å². The van der Waals surface area contributed by atoms with Crippen LogP contribution in [0.1, 0.15) is 25.1 Å². The number of aromatic nitrogens is 1. The molecule has 2 nitrogen and oxygen atoms in total. The number of rotatable bonds is 1. The molecule has 1 heterocycles. The minimum Gasteiger partial charge on any atom is -0.386 e. The first kappa shape index (κ1) is 9.68. The molecule has 1 N–H and O–H groups in total. The fourth-order valence-electron chi connectivity index (χ4n) is 0.841. The van der Waals surface area contributed by atoms with Crippen molar-refractivity contribution in [3.63, 3.8) is 0 Å². The maximum absolute atomic E-state index is 9.64. The highest BCUT2D eigenvalue weighted by molar-refractivity contribution is 9.10. The normalized spacial score (nSPS) is 11.8. The molecule has 0 spiro atoms. The second kappa shape index (κ2) is 3.15. The fraction of sp³-hybridized carbons (Fsp3) is 0.444. The Morgan fingerprint density at radius 3 is 2.50 bits per heavy atom. The van der Waals surface area contributed by atoms with E-state index >= 15 is 0 Å². The van der Waals surface area contributed by atoms with Crippen LogP contribution in [0.15, 0.2) is 16.7 Å². The summed E-state index contributed by atoms with van der Waals surface area (Å²) in [4.78, 5) is 4.14. The third-order valence-electron chi connectivity index (χ3n) is 1.73. The van der Waals surface area contributed by atoms with Gasteiger partial charge in [-0.15, -0.1) is 0 Å². The minimum atomic E-state index is -0.816. The van der Waals surface area contributed by atoms with Crippen LogP contribution in [0.4, 0.5) is 0 Å². The smallest absolute Gasteiger partial charge is 0.0855 e. The largest absolute Gasteiger partial charge is 0.386 e. The Kier molecular flexibility index (Phi) is 2.54. The van der Waals surface area contributed by atoms with Crippen molar-refractivity contribution in [1.29, 1.82) is 0 Å². The summed E-state index contributed by atoms with van der Waals surface area (Å²) in [5, 5.41) is 9.64. The van der Waals surface area contributed by atoms with Crippen LogP contribution in [0.5, 0.6) is 0 Å². The molecule has 1 rings (SSSR count). The van der Waals surface area contributed by atoms with Gasteiger partial charge >= 0.3 is 0 Å². The molecule has 0 saturated heterocycles. The summed E-state index contributed by atoms with van der Waals surface area (Å²) in [6, 6.07) is 1.89. The average Bonchev–Trinajstić information content (AvgIpc) is 1.92. The van der Waals surface area contributed by atoms with Crippen LogP contribution < -0.4 is 0 Å². The lowest BCUT2D eigenvalue weighted by molar-refractivity contribution is 0.0781. The molecule has 12 heavy (non-hydrogen) atoms. The van der Waals surface area contributed by atoms with Crippen molar-refractivity contribution < 1.29 is 5.11 Å². The predicted molar refractivity (Wildman–Crippen MR) is 51.9 cm³/mol. The van der Waals surface area contributed by atoms with Gasteiger partial charge in [-0.1, -0.05) is 0 Å². The zero-order valence-electron chi connectivity index (χ0n) is 7.43. The molecule has 0 aliphatic heterocycles. The van der Waals surface area contributed by atoms with E-state index in [2.05, 4.69) is 20.9 Å². The number of aliphatic hydroxyl groups is 1. The Hall–Kier alpha value is -0.410. The molecule has 0 radical (unpaired) electrons. The molecule has 0 unspecified atom stereocenters. The van der Waals surface area contributed by atoms with Crippen molar-refractivity contribution in [1.82, 2.24) is 4.98 Å². The van der Waals surface area contributed by atoms with E-state index in [1.54, 1.807) is 20.0 Å². The molecule has 0 amide bonds. The van der Waals surface area contributed by atoms with Crippen molar-refractivity contribution >= 4 is 15.9 Å². The Bertz CT molecular complexity index is 291. The van der Waals surface area contributed by atoms with Gasteiger partial charge in [-0.2, -0.15) is 0 Å². The van der Waals surface area contributed by atoms with Gasteiger partial charge in [0.05, 0.1) is 11.3 Å². The topological polar surface area (TPSA) is 33.1 Å². The van der Waals surface area contributed by atoms with E-state index in [4.69, 9.17) is 0 Å². The molecule has 0 fully saturated rings. The van der Waals surface area contributed by atoms with E-state index in [1.165, 1.54) is 0 Å². The maximum Gasteiger partial charge on any atom is 0.0855 e. The van der Waals surface area contributed by atoms with E-state index in [0.717, 1.165) is 15.7 Å². The number of aryl methyl sites for hydroxylation is 1. The summed E-state index contributed by atoms with van der Waals surface area (Å²) in [7, 11) is 0. The highest BCUT2D eigenvalue weighted by Gasteiger charge is 2.16. The third kappa shape index (κ3) is 2.05. The fourth-order valence-corrected chi connectivity index (χ4v) is 1.19. The van der Waals surface area contributed by atoms with Crippen molar-refractivity contribution in [3.05, 3.63) is 28.0 Å². The van der Waals surface area contributed by atoms with E-state index < -0.39 is 5.60 Å². The lowest BCUT2D eigenvalue weighted by Crippen LogP contribution is -2.15. The van der Waals surface area contributed by atoms with E-state index in [9.17, 15) is 5.11 Å². The van der Waals surface area contributed by atoms with E-state index in [1.807, 2.05) is 13.0 Å². The summed E-state index contributed by atoms with van der Waals surface area (Å²) in [6.07, 6.45) is 1.69. The van der Waals surface area contributed by atoms with Gasteiger partial charge in [0.25, 0.3) is 0 Å². The Morgan fingerprint density at radius 1 is 1.50 bits per heavy atom. The Labute approximate surface area is 80.8 Å². The molecule has 0 bridgehead atoms. The van der Waals surface area contributed by atoms with Crippen LogP contribution in [0.3, 0.4) is 0 Å². The molecule has 0 aromatic carbocycles. The highest BCUT2D eigenvalue weighted by Crippen LogP contribution is 2.23. The van der Waals surface area contributed by atoms with Gasteiger partial charge in [0.2, 0.25) is 0 Å². The lowest BCUT2D eigenvalue weighted by atomic mass is 10.0. The van der Waals surface area contributed by atoms with E-state index in [0.29, 0.717) is 0 Å². The van der Waals surface area contributed by atoms with Crippen molar-refractivity contribution in [2.24, 2.45) is 0 Å². The number of hydrogen-bond donors (Lipinski definition) is 1. The molecule has 0 aliphatic carbocycles. The number of pyridine rings is 1. The third-order valence-corrected chi connectivity index (χ3v) is 2.53. The zero-order valence-corrected chi connectivity index (χ0v) is 9.01. The molecule has 0 aliphatic rings. The summed E-state index contributed by atoms with van der Waals surface area (Å²) in [5.41, 5.74) is 0.937. The van der Waals surface area contributed by atoms with Crippen molar-refractivity contribution in [3.8, 4) is 0 Å². The average molecular weight is 230 g/mol. The molecular weight excluding hydrogens is 218 g/mol. The van der Waals surface area contributed by atoms with Crippen LogP contribution in [0.25, 0.3) is 0 Å². The van der Waals surface area contributed by atoms with E-state index in [-0.39, 0.29) is 0 Å². The molecule has 0 saturated carbocycles. The van der Waals surface area contributed by atoms with Crippen molar-refractivity contribution in [2.75, 3.05) is 0 Å². The molecular formula is C9H12BrNO. The zero-order chi connectivity index (χ0) is 9.35. The standard InChI is InChI=1S/C9H12BrNO/c1-6-8(10)4-7(5-11-6)9(2,3)12/h4-5,12H,1-3H3. The first-order chi connectivity index (χ1) is 5.41. The van der Waals surface area contributed by atoms with Crippen LogP contribution in [0.2, 0.25) is 0 Å². The van der Waals surface area contributed by atoms with Gasteiger partial charge in [-0.05, 0) is 42.8 Å². The molecule has 66 valence electrons. The van der Waals surface area contributed by atoms with Gasteiger partial charge < -0.3 is 5.11 Å². The number of nitrogens with zero attached hydrogens (tertiary/aromatic N) is 1. The first-order valence-corrected chi connectivity index (χ1v) is 4.55. The predicted octanol–water partition coefficient (Wildman–Crippen LogP) is 2.38. The minimum absolute atomic E-state index is 0.816. The monoisotopic (exact) mass is 229 g/mol. The number of hydrogen-bond acceptors (Lipinski definition) is 2. The second-order valence-corrected chi connectivity index (χ2v) is 4.20. The van der Waals surface area contributed by atoms with Gasteiger partial charge in [0, 0.05) is 16.2 Å². The summed E-state index contributed by atoms with van der Waals surface area (Å²) in [5.74, 6) is 0. The summed E-state index contributed by atoms with van der Waals surface area (Å²) in [6.45, 7) is 5.40. The van der Waals surface area contributed by atoms with Gasteiger partial charge in [0.1, 0.15) is 0 Å². The maximum atomic E-state index is 9.64. The second-order valence-electron chi connectivity index (χ2n) is 3.35. The SMILES string of the molecule is Cc1ncc(C(C)(C)O)cc1Br. The first-order valence-electron chi connectivity index (χ1n) is 3.76.